The van der Waals surface area contributed by atoms with Crippen molar-refractivity contribution in [3.63, 3.8) is 0 Å². The third kappa shape index (κ3) is 13.9. The van der Waals surface area contributed by atoms with Crippen molar-refractivity contribution in [1.29, 1.82) is 0 Å². The number of alkyl halides is 2. The van der Waals surface area contributed by atoms with Gasteiger partial charge in [0.05, 0.1) is 0 Å². The van der Waals surface area contributed by atoms with E-state index in [4.69, 9.17) is 9.84 Å². The Morgan fingerprint density at radius 3 is 1.15 bits per heavy atom. The van der Waals surface area contributed by atoms with Gasteiger partial charge in [0.2, 0.25) is 0 Å². The Balaban J connectivity index is 0.000000447. The molecular weight excluding hydrogens is 709 g/mol. The van der Waals surface area contributed by atoms with Gasteiger partial charge < -0.3 is 14.9 Å². The van der Waals surface area contributed by atoms with Crippen molar-refractivity contribution in [3.05, 3.63) is 147 Å². The van der Waals surface area contributed by atoms with Crippen LogP contribution >= 0.6 is 0 Å². The molecule has 1 aliphatic rings. The van der Waals surface area contributed by atoms with E-state index >= 15 is 0 Å². The molecule has 3 unspecified atom stereocenters. The second-order valence-electron chi connectivity index (χ2n) is 14.0. The van der Waals surface area contributed by atoms with Crippen molar-refractivity contribution in [2.45, 2.75) is 111 Å². The molecule has 4 aromatic rings. The number of halogens is 7. The van der Waals surface area contributed by atoms with Crippen molar-refractivity contribution in [2.24, 2.45) is 0 Å². The Morgan fingerprint density at radius 1 is 0.574 bits per heavy atom. The van der Waals surface area contributed by atoms with Gasteiger partial charge in [0.25, 0.3) is 0 Å². The number of aliphatic hydroxyl groups excluding tert-OH is 2. The highest BCUT2D eigenvalue weighted by Gasteiger charge is 2.56. The summed E-state index contributed by atoms with van der Waals surface area (Å²) in [6, 6.07) is 23.0. The number of ether oxygens (including phenoxy) is 1. The largest absolute Gasteiger partial charge is 0.477 e. The summed E-state index contributed by atoms with van der Waals surface area (Å²) in [6.45, 7) is 18.5. The van der Waals surface area contributed by atoms with Gasteiger partial charge in [-0.3, -0.25) is 0 Å². The first-order valence-electron chi connectivity index (χ1n) is 17.7. The standard InChI is InChI=1S/C22H30F4O2.3C7H7F.CH4O/c1-10(2)13-8-14(11(3)4)19(15(9-13)12(5)6)28-22(7)20(25)16(23)18(27)17(24)21(22)26;3*1-6-2-4-7(8)5-3-6;1-2/h8-12,16,18,20,27H,1-7H3;3*2-5H,1H3;2H,1H3/t16?,18?,20?,22-;;;;/m1..../s1. The van der Waals surface area contributed by atoms with Crippen LogP contribution in [0.3, 0.4) is 0 Å². The van der Waals surface area contributed by atoms with Crippen LogP contribution in [0.2, 0.25) is 0 Å². The monoisotopic (exact) mass is 764 g/mol. The van der Waals surface area contributed by atoms with E-state index in [2.05, 4.69) is 0 Å². The first-order chi connectivity index (χ1) is 25.2. The number of hydrogen-bond donors (Lipinski definition) is 2. The van der Waals surface area contributed by atoms with Crippen LogP contribution in [-0.2, 0) is 0 Å². The lowest BCUT2D eigenvalue weighted by atomic mass is 9.84. The third-order valence-electron chi connectivity index (χ3n) is 8.44. The molecule has 0 saturated carbocycles. The molecule has 0 radical (unpaired) electrons. The van der Waals surface area contributed by atoms with Crippen LogP contribution in [-0.4, -0.2) is 41.4 Å². The highest BCUT2D eigenvalue weighted by molar-refractivity contribution is 5.50. The van der Waals surface area contributed by atoms with E-state index in [1.807, 2.05) is 74.4 Å². The van der Waals surface area contributed by atoms with Crippen molar-refractivity contribution in [1.82, 2.24) is 0 Å². The van der Waals surface area contributed by atoms with Crippen molar-refractivity contribution < 1.29 is 45.7 Å². The number of rotatable bonds is 5. The van der Waals surface area contributed by atoms with Gasteiger partial charge in [0, 0.05) is 7.11 Å². The fourth-order valence-corrected chi connectivity index (χ4v) is 5.01. The molecule has 54 heavy (non-hydrogen) atoms. The van der Waals surface area contributed by atoms with Crippen molar-refractivity contribution in [2.75, 3.05) is 7.11 Å². The SMILES string of the molecule is CC(C)c1cc(C(C)C)c(O[C@@]2(C)C(F)=C(F)C(O)C(F)C2F)c(C(C)C)c1.CO.Cc1ccc(F)cc1.Cc1ccc(F)cc1.Cc1ccc(F)cc1. The second kappa shape index (κ2) is 22.3. The summed E-state index contributed by atoms with van der Waals surface area (Å²) in [5.74, 6) is -3.46. The molecule has 0 spiro atoms. The normalized spacial score (nSPS) is 19.1. The fraction of sp³-hybridized carbons (Fsp3) is 0.409. The highest BCUT2D eigenvalue weighted by atomic mass is 19.2. The molecule has 3 nitrogen and oxygen atoms in total. The maximum atomic E-state index is 14.8. The molecule has 4 aromatic carbocycles. The Kier molecular flexibility index (Phi) is 19.8. The zero-order valence-electron chi connectivity index (χ0n) is 33.0. The van der Waals surface area contributed by atoms with Gasteiger partial charge in [-0.2, -0.15) is 0 Å². The molecular formula is C44H55F7O3. The highest BCUT2D eigenvalue weighted by Crippen LogP contribution is 2.46. The summed E-state index contributed by atoms with van der Waals surface area (Å²) >= 11 is 0. The van der Waals surface area contributed by atoms with Gasteiger partial charge in [0.1, 0.15) is 29.3 Å². The fourth-order valence-electron chi connectivity index (χ4n) is 5.01. The number of aliphatic hydroxyl groups is 2. The Hall–Kier alpha value is -4.15. The molecule has 4 atom stereocenters. The van der Waals surface area contributed by atoms with Crippen LogP contribution in [0.25, 0.3) is 0 Å². The summed E-state index contributed by atoms with van der Waals surface area (Å²) in [6.07, 6.45) is -7.65. The van der Waals surface area contributed by atoms with E-state index in [-0.39, 0.29) is 41.0 Å². The van der Waals surface area contributed by atoms with Crippen LogP contribution in [0, 0.1) is 38.2 Å². The zero-order chi connectivity index (χ0) is 41.5. The van der Waals surface area contributed by atoms with Gasteiger partial charge in [0.15, 0.2) is 29.6 Å². The summed E-state index contributed by atoms with van der Waals surface area (Å²) in [7, 11) is 1.00. The molecule has 5 rings (SSSR count). The summed E-state index contributed by atoms with van der Waals surface area (Å²) < 4.78 is 99.7. The average Bonchev–Trinajstić information content (AvgIpc) is 3.14. The van der Waals surface area contributed by atoms with Crippen LogP contribution in [0.1, 0.15) is 99.6 Å². The van der Waals surface area contributed by atoms with Gasteiger partial charge in [-0.25, -0.2) is 30.7 Å². The minimum Gasteiger partial charge on any atom is -0.477 e. The lowest BCUT2D eigenvalue weighted by Crippen LogP contribution is -2.55. The summed E-state index contributed by atoms with van der Waals surface area (Å²) in [4.78, 5) is 0. The van der Waals surface area contributed by atoms with E-state index in [1.165, 1.54) is 36.4 Å². The van der Waals surface area contributed by atoms with E-state index in [0.717, 1.165) is 47.4 Å². The Morgan fingerprint density at radius 2 is 0.889 bits per heavy atom. The summed E-state index contributed by atoms with van der Waals surface area (Å²) in [5, 5.41) is 16.4. The van der Waals surface area contributed by atoms with E-state index in [9.17, 15) is 35.8 Å². The number of hydrogen-bond acceptors (Lipinski definition) is 3. The van der Waals surface area contributed by atoms with Crippen LogP contribution in [0.15, 0.2) is 96.6 Å². The first kappa shape index (κ1) is 47.9. The van der Waals surface area contributed by atoms with Gasteiger partial charge >= 0.3 is 0 Å². The minimum atomic E-state index is -2.62. The molecule has 0 heterocycles. The number of aryl methyl sites for hydroxylation is 3. The molecule has 2 N–H and O–H groups in total. The maximum Gasteiger partial charge on any atom is 0.194 e. The predicted octanol–water partition coefficient (Wildman–Crippen LogP) is 12.4. The topological polar surface area (TPSA) is 49.7 Å². The quantitative estimate of drug-likeness (QED) is 0.199. The van der Waals surface area contributed by atoms with Crippen LogP contribution < -0.4 is 4.74 Å². The lowest BCUT2D eigenvalue weighted by molar-refractivity contribution is -0.0780. The molecule has 0 amide bonds. The van der Waals surface area contributed by atoms with Crippen LogP contribution in [0.5, 0.6) is 5.75 Å². The summed E-state index contributed by atoms with van der Waals surface area (Å²) in [5.41, 5.74) is 3.25. The Labute approximate surface area is 316 Å². The molecule has 1 aliphatic carbocycles. The smallest absolute Gasteiger partial charge is 0.194 e. The van der Waals surface area contributed by atoms with Gasteiger partial charge in [-0.05, 0) is 98.5 Å². The first-order valence-corrected chi connectivity index (χ1v) is 17.7. The van der Waals surface area contributed by atoms with E-state index in [0.29, 0.717) is 0 Å². The molecule has 0 fully saturated rings. The number of benzene rings is 4. The molecule has 0 bridgehead atoms. The van der Waals surface area contributed by atoms with E-state index < -0.39 is 35.7 Å². The Bertz CT molecular complexity index is 1530. The van der Waals surface area contributed by atoms with Gasteiger partial charge in [-0.15, -0.1) is 0 Å². The van der Waals surface area contributed by atoms with Gasteiger partial charge in [-0.1, -0.05) is 107 Å². The molecule has 0 saturated heterocycles. The zero-order valence-corrected chi connectivity index (χ0v) is 33.0. The molecule has 10 heteroatoms. The van der Waals surface area contributed by atoms with Crippen molar-refractivity contribution >= 4 is 0 Å². The maximum absolute atomic E-state index is 14.8. The van der Waals surface area contributed by atoms with Crippen LogP contribution in [0.4, 0.5) is 30.7 Å². The molecule has 298 valence electrons. The van der Waals surface area contributed by atoms with E-state index in [1.54, 1.807) is 36.4 Å². The second-order valence-corrected chi connectivity index (χ2v) is 14.0. The van der Waals surface area contributed by atoms with Crippen molar-refractivity contribution in [3.8, 4) is 5.75 Å². The predicted molar refractivity (Wildman–Crippen MR) is 204 cm³/mol. The molecule has 0 aliphatic heterocycles. The lowest BCUT2D eigenvalue weighted by Gasteiger charge is -2.40. The average molecular weight is 765 g/mol. The molecule has 0 aromatic heterocycles. The minimum absolute atomic E-state index is 0.0416. The third-order valence-corrected chi connectivity index (χ3v) is 8.44.